The molecule has 1 N–H and O–H groups in total. The molecule has 0 aliphatic carbocycles. The van der Waals surface area contributed by atoms with E-state index in [1.165, 1.54) is 24.8 Å². The van der Waals surface area contributed by atoms with Crippen LogP contribution >= 0.6 is 11.3 Å². The Hall–Kier alpha value is -2.29. The summed E-state index contributed by atoms with van der Waals surface area (Å²) in [5, 5.41) is 14.8. The number of nitrogens with zero attached hydrogens (tertiary/aromatic N) is 4. The molecule has 19 heavy (non-hydrogen) atoms. The summed E-state index contributed by atoms with van der Waals surface area (Å²) in [4.78, 5) is 23.1. The lowest BCUT2D eigenvalue weighted by molar-refractivity contribution is -0.385. The van der Waals surface area contributed by atoms with Gasteiger partial charge in [-0.3, -0.25) is 10.1 Å². The van der Waals surface area contributed by atoms with Crippen LogP contribution in [0.2, 0.25) is 0 Å². The number of aromatic nitrogens is 3. The summed E-state index contributed by atoms with van der Waals surface area (Å²) in [5.74, 6) is 0.0610. The molecule has 0 amide bonds. The van der Waals surface area contributed by atoms with E-state index in [1.54, 1.807) is 6.20 Å². The van der Waals surface area contributed by atoms with Gasteiger partial charge in [0.2, 0.25) is 5.82 Å². The summed E-state index contributed by atoms with van der Waals surface area (Å²) in [5.41, 5.74) is -0.272. The summed E-state index contributed by atoms with van der Waals surface area (Å²) in [6.07, 6.45) is 2.93. The molecule has 0 bridgehead atoms. The maximum Gasteiger partial charge on any atom is 0.372 e. The number of thiazole rings is 1. The van der Waals surface area contributed by atoms with E-state index in [9.17, 15) is 10.1 Å². The Bertz CT molecular complexity index is 601. The third-order valence-corrected chi connectivity index (χ3v) is 3.18. The van der Waals surface area contributed by atoms with Crippen molar-refractivity contribution in [1.29, 1.82) is 0 Å². The molecule has 9 heteroatoms. The third-order valence-electron chi connectivity index (χ3n) is 2.26. The van der Waals surface area contributed by atoms with Crippen LogP contribution in [0, 0.1) is 17.0 Å². The average Bonchev–Trinajstić information content (AvgIpc) is 2.81. The first-order valence-corrected chi connectivity index (χ1v) is 6.12. The van der Waals surface area contributed by atoms with Gasteiger partial charge in [0.15, 0.2) is 0 Å². The van der Waals surface area contributed by atoms with Crippen molar-refractivity contribution in [2.75, 3.05) is 12.4 Å². The van der Waals surface area contributed by atoms with Crippen LogP contribution in [0.3, 0.4) is 0 Å². The predicted octanol–water partition coefficient (Wildman–Crippen LogP) is 1.77. The van der Waals surface area contributed by atoms with Gasteiger partial charge < -0.3 is 10.1 Å². The fourth-order valence-electron chi connectivity index (χ4n) is 1.46. The van der Waals surface area contributed by atoms with Gasteiger partial charge in [0.25, 0.3) is 5.88 Å². The molecule has 0 fully saturated rings. The van der Waals surface area contributed by atoms with Gasteiger partial charge in [-0.05, 0) is 6.92 Å². The van der Waals surface area contributed by atoms with E-state index in [1.807, 2.05) is 6.92 Å². The quantitative estimate of drug-likeness (QED) is 0.658. The second-order valence-corrected chi connectivity index (χ2v) is 4.86. The highest BCUT2D eigenvalue weighted by molar-refractivity contribution is 7.11. The SMILES string of the molecule is COc1ncnc(NCc2cnc(C)s2)c1[N+](=O)[O-]. The van der Waals surface area contributed by atoms with Crippen LogP contribution in [0.4, 0.5) is 11.5 Å². The first-order valence-electron chi connectivity index (χ1n) is 5.30. The van der Waals surface area contributed by atoms with Crippen LogP contribution in [-0.4, -0.2) is 27.0 Å². The summed E-state index contributed by atoms with van der Waals surface area (Å²) >= 11 is 1.51. The normalized spacial score (nSPS) is 10.2. The Balaban J connectivity index is 2.22. The molecule has 0 aliphatic rings. The van der Waals surface area contributed by atoms with Crippen molar-refractivity contribution in [1.82, 2.24) is 15.0 Å². The van der Waals surface area contributed by atoms with Crippen molar-refractivity contribution in [2.24, 2.45) is 0 Å². The molecular weight excluding hydrogens is 270 g/mol. The molecule has 0 aliphatic heterocycles. The van der Waals surface area contributed by atoms with E-state index in [2.05, 4.69) is 20.3 Å². The molecule has 2 rings (SSSR count). The summed E-state index contributed by atoms with van der Waals surface area (Å²) in [6.45, 7) is 2.30. The van der Waals surface area contributed by atoms with E-state index in [-0.39, 0.29) is 17.4 Å². The molecular formula is C10H11N5O3S. The highest BCUT2D eigenvalue weighted by Gasteiger charge is 2.23. The van der Waals surface area contributed by atoms with Gasteiger partial charge in [-0.2, -0.15) is 4.98 Å². The molecule has 2 heterocycles. The van der Waals surface area contributed by atoms with Gasteiger partial charge in [-0.1, -0.05) is 0 Å². The monoisotopic (exact) mass is 281 g/mol. The van der Waals surface area contributed by atoms with Gasteiger partial charge in [-0.25, -0.2) is 9.97 Å². The topological polar surface area (TPSA) is 103 Å². The van der Waals surface area contributed by atoms with Crippen molar-refractivity contribution in [2.45, 2.75) is 13.5 Å². The minimum absolute atomic E-state index is 0.0667. The van der Waals surface area contributed by atoms with Crippen molar-refractivity contribution in [3.8, 4) is 5.88 Å². The smallest absolute Gasteiger partial charge is 0.372 e. The van der Waals surface area contributed by atoms with Crippen LogP contribution in [0.5, 0.6) is 5.88 Å². The van der Waals surface area contributed by atoms with E-state index < -0.39 is 4.92 Å². The van der Waals surface area contributed by atoms with E-state index in [0.29, 0.717) is 6.54 Å². The van der Waals surface area contributed by atoms with Crippen molar-refractivity contribution in [3.05, 3.63) is 32.5 Å². The number of nitrogens with one attached hydrogen (secondary N) is 1. The number of nitro groups is 1. The molecule has 0 radical (unpaired) electrons. The number of anilines is 1. The van der Waals surface area contributed by atoms with Crippen LogP contribution in [0.1, 0.15) is 9.88 Å². The van der Waals surface area contributed by atoms with Gasteiger partial charge in [0.05, 0.1) is 23.6 Å². The number of hydrogen-bond donors (Lipinski definition) is 1. The minimum Gasteiger partial charge on any atom is -0.476 e. The largest absolute Gasteiger partial charge is 0.476 e. The number of methoxy groups -OCH3 is 1. The summed E-state index contributed by atoms with van der Waals surface area (Å²) < 4.78 is 4.86. The van der Waals surface area contributed by atoms with E-state index in [4.69, 9.17) is 4.74 Å². The zero-order valence-electron chi connectivity index (χ0n) is 10.3. The number of rotatable bonds is 5. The molecule has 100 valence electrons. The standard InChI is InChI=1S/C10H11N5O3S/c1-6-11-3-7(19-6)4-12-9-8(15(16)17)10(18-2)14-5-13-9/h3,5H,4H2,1-2H3,(H,12,13,14). The third kappa shape index (κ3) is 2.94. The number of aryl methyl sites for hydroxylation is 1. The Morgan fingerprint density at radius 2 is 2.26 bits per heavy atom. The minimum atomic E-state index is -0.570. The molecule has 0 unspecified atom stereocenters. The molecule has 8 nitrogen and oxygen atoms in total. The fraction of sp³-hybridized carbons (Fsp3) is 0.300. The van der Waals surface area contributed by atoms with Gasteiger partial charge in [0, 0.05) is 11.1 Å². The first-order chi connectivity index (χ1) is 9.11. The average molecular weight is 281 g/mol. The Morgan fingerprint density at radius 3 is 2.84 bits per heavy atom. The predicted molar refractivity (Wildman–Crippen MR) is 69.4 cm³/mol. The lowest BCUT2D eigenvalue weighted by atomic mass is 10.4. The molecule has 2 aromatic rings. The van der Waals surface area contributed by atoms with Gasteiger partial charge in [-0.15, -0.1) is 11.3 Å². The maximum absolute atomic E-state index is 11.0. The highest BCUT2D eigenvalue weighted by atomic mass is 32.1. The van der Waals surface area contributed by atoms with E-state index >= 15 is 0 Å². The Kier molecular flexibility index (Phi) is 3.85. The Morgan fingerprint density at radius 1 is 1.47 bits per heavy atom. The van der Waals surface area contributed by atoms with Gasteiger partial charge >= 0.3 is 5.69 Å². The Labute approximate surface area is 112 Å². The van der Waals surface area contributed by atoms with Crippen LogP contribution in [0.15, 0.2) is 12.5 Å². The molecule has 0 atom stereocenters. The van der Waals surface area contributed by atoms with Crippen LogP contribution in [0.25, 0.3) is 0 Å². The number of ether oxygens (including phenoxy) is 1. The second kappa shape index (κ2) is 5.57. The lowest BCUT2D eigenvalue weighted by Gasteiger charge is -2.06. The maximum atomic E-state index is 11.0. The van der Waals surface area contributed by atoms with Crippen molar-refractivity contribution < 1.29 is 9.66 Å². The van der Waals surface area contributed by atoms with Gasteiger partial charge in [0.1, 0.15) is 6.33 Å². The second-order valence-electron chi connectivity index (χ2n) is 3.54. The molecule has 0 aromatic carbocycles. The van der Waals surface area contributed by atoms with E-state index in [0.717, 1.165) is 9.88 Å². The first kappa shape index (κ1) is 13.1. The van der Waals surface area contributed by atoms with Crippen molar-refractivity contribution >= 4 is 22.8 Å². The summed E-state index contributed by atoms with van der Waals surface area (Å²) in [6, 6.07) is 0. The highest BCUT2D eigenvalue weighted by Crippen LogP contribution is 2.30. The number of hydrogen-bond acceptors (Lipinski definition) is 8. The molecule has 0 saturated carbocycles. The summed E-state index contributed by atoms with van der Waals surface area (Å²) in [7, 11) is 1.33. The molecule has 2 aromatic heterocycles. The molecule has 0 spiro atoms. The fourth-order valence-corrected chi connectivity index (χ4v) is 2.20. The molecule has 0 saturated heterocycles. The lowest BCUT2D eigenvalue weighted by Crippen LogP contribution is -2.06. The zero-order valence-corrected chi connectivity index (χ0v) is 11.1. The van der Waals surface area contributed by atoms with Crippen LogP contribution in [-0.2, 0) is 6.54 Å². The van der Waals surface area contributed by atoms with Crippen LogP contribution < -0.4 is 10.1 Å². The van der Waals surface area contributed by atoms with Crippen molar-refractivity contribution in [3.63, 3.8) is 0 Å². The zero-order chi connectivity index (χ0) is 13.8.